The van der Waals surface area contributed by atoms with Crippen LogP contribution in [-0.4, -0.2) is 19.6 Å². The summed E-state index contributed by atoms with van der Waals surface area (Å²) in [5.74, 6) is -0.863. The van der Waals surface area contributed by atoms with Gasteiger partial charge in [0.15, 0.2) is 0 Å². The van der Waals surface area contributed by atoms with Crippen molar-refractivity contribution in [2.45, 2.75) is 0 Å². The highest BCUT2D eigenvalue weighted by molar-refractivity contribution is 7.46. The Bertz CT molecular complexity index is 523. The molecule has 0 fully saturated rings. The Morgan fingerprint density at radius 2 is 1.76 bits per heavy atom. The highest BCUT2D eigenvalue weighted by atomic mass is 31.2. The zero-order chi connectivity index (χ0) is 13.2. The Morgan fingerprint density at radius 3 is 2.18 bits per heavy atom. The number of hydrogen-bond donors (Lipinski definition) is 2. The summed E-state index contributed by atoms with van der Waals surface area (Å²) < 4.78 is 14.5. The van der Waals surface area contributed by atoms with Crippen molar-refractivity contribution in [3.05, 3.63) is 38.4 Å². The lowest BCUT2D eigenvalue weighted by Crippen LogP contribution is -2.00. The molecule has 1 aromatic rings. The predicted octanol–water partition coefficient (Wildman–Crippen LogP) is 0.975. The molecule has 10 nitrogen and oxygen atoms in total. The third-order valence-corrected chi connectivity index (χ3v) is 2.01. The third-order valence-electron chi connectivity index (χ3n) is 1.57. The lowest BCUT2D eigenvalue weighted by atomic mass is 10.2. The highest BCUT2D eigenvalue weighted by Crippen LogP contribution is 2.44. The zero-order valence-electron chi connectivity index (χ0n) is 7.92. The topological polar surface area (TPSA) is 153 Å². The van der Waals surface area contributed by atoms with Crippen molar-refractivity contribution in [1.82, 2.24) is 0 Å². The van der Waals surface area contributed by atoms with Crippen LogP contribution in [0.15, 0.2) is 18.2 Å². The second kappa shape index (κ2) is 4.45. The van der Waals surface area contributed by atoms with Crippen molar-refractivity contribution in [2.24, 2.45) is 0 Å². The fraction of sp³-hybridized carbons (Fsp3) is 0. The second-order valence-electron chi connectivity index (χ2n) is 2.72. The van der Waals surface area contributed by atoms with Gasteiger partial charge < -0.3 is 4.52 Å². The van der Waals surface area contributed by atoms with E-state index in [0.717, 1.165) is 18.2 Å². The summed E-state index contributed by atoms with van der Waals surface area (Å²) in [4.78, 5) is 35.9. The fourth-order valence-electron chi connectivity index (χ4n) is 1.04. The lowest BCUT2D eigenvalue weighted by molar-refractivity contribution is -0.422. The van der Waals surface area contributed by atoms with Gasteiger partial charge in [0, 0.05) is 6.07 Å². The van der Waals surface area contributed by atoms with E-state index in [4.69, 9.17) is 9.79 Å². The first-order chi connectivity index (χ1) is 7.72. The van der Waals surface area contributed by atoms with Gasteiger partial charge in [-0.2, -0.15) is 0 Å². The molecule has 0 spiro atoms. The number of nitrogens with zero attached hydrogens (tertiary/aromatic N) is 2. The molecular formula is C6H5N2O8P. The summed E-state index contributed by atoms with van der Waals surface area (Å²) in [6, 6.07) is 2.69. The molecule has 92 valence electrons. The maximum absolute atomic E-state index is 10.6. The summed E-state index contributed by atoms with van der Waals surface area (Å²) in [5, 5.41) is 21.1. The van der Waals surface area contributed by atoms with Crippen LogP contribution >= 0.6 is 7.82 Å². The lowest BCUT2D eigenvalue weighted by Gasteiger charge is -2.06. The normalized spacial score (nSPS) is 10.9. The minimum absolute atomic E-state index is 0.824. The predicted molar refractivity (Wildman–Crippen MR) is 52.4 cm³/mol. The van der Waals surface area contributed by atoms with Gasteiger partial charge in [-0.15, -0.1) is 0 Å². The number of phosphoric ester groups is 1. The van der Waals surface area contributed by atoms with Gasteiger partial charge in [-0.3, -0.25) is 30.0 Å². The fourth-order valence-corrected chi connectivity index (χ4v) is 1.45. The van der Waals surface area contributed by atoms with Crippen molar-refractivity contribution in [3.8, 4) is 5.75 Å². The molecule has 0 amide bonds. The zero-order valence-corrected chi connectivity index (χ0v) is 8.81. The van der Waals surface area contributed by atoms with Gasteiger partial charge in [0.05, 0.1) is 9.85 Å². The SMILES string of the molecule is O=[N+]([O-])c1cccc(OP(=O)(O)O)c1[N+](=O)[O-]. The molecule has 0 aromatic heterocycles. The van der Waals surface area contributed by atoms with E-state index in [1.165, 1.54) is 0 Å². The molecule has 0 bridgehead atoms. The van der Waals surface area contributed by atoms with Gasteiger partial charge >= 0.3 is 19.2 Å². The van der Waals surface area contributed by atoms with Gasteiger partial charge in [0.2, 0.25) is 5.75 Å². The van der Waals surface area contributed by atoms with Crippen LogP contribution in [0.5, 0.6) is 5.75 Å². The van der Waals surface area contributed by atoms with Crippen LogP contribution in [0, 0.1) is 20.2 Å². The van der Waals surface area contributed by atoms with Crippen molar-refractivity contribution in [1.29, 1.82) is 0 Å². The number of para-hydroxylation sites is 1. The number of nitro groups is 2. The number of phosphoric acid groups is 1. The molecule has 0 saturated heterocycles. The molecule has 0 aliphatic rings. The Morgan fingerprint density at radius 1 is 1.18 bits per heavy atom. The number of benzene rings is 1. The summed E-state index contributed by atoms with van der Waals surface area (Å²) >= 11 is 0. The van der Waals surface area contributed by atoms with E-state index in [1.54, 1.807) is 0 Å². The van der Waals surface area contributed by atoms with E-state index in [1.807, 2.05) is 0 Å². The highest BCUT2D eigenvalue weighted by Gasteiger charge is 2.32. The van der Waals surface area contributed by atoms with Crippen LogP contribution in [0.1, 0.15) is 0 Å². The average Bonchev–Trinajstić information content (AvgIpc) is 2.14. The maximum atomic E-state index is 10.6. The molecule has 1 rings (SSSR count). The summed E-state index contributed by atoms with van der Waals surface area (Å²) in [7, 11) is -5.03. The minimum atomic E-state index is -5.03. The van der Waals surface area contributed by atoms with Crippen molar-refractivity contribution < 1.29 is 28.7 Å². The molecule has 2 N–H and O–H groups in total. The molecule has 0 aliphatic carbocycles. The van der Waals surface area contributed by atoms with Gasteiger partial charge in [0.25, 0.3) is 0 Å². The Balaban J connectivity index is 3.40. The molecular weight excluding hydrogens is 259 g/mol. The van der Waals surface area contributed by atoms with Crippen molar-refractivity contribution >= 4 is 19.2 Å². The molecule has 0 radical (unpaired) electrons. The summed E-state index contributed by atoms with van der Waals surface area (Å²) in [6.07, 6.45) is 0. The summed E-state index contributed by atoms with van der Waals surface area (Å²) in [5.41, 5.74) is -2.03. The van der Waals surface area contributed by atoms with Crippen LogP contribution in [-0.2, 0) is 4.57 Å². The van der Waals surface area contributed by atoms with Crippen LogP contribution in [0.2, 0.25) is 0 Å². The molecule has 0 heterocycles. The number of nitro benzene ring substituents is 2. The van der Waals surface area contributed by atoms with E-state index in [9.17, 15) is 24.8 Å². The van der Waals surface area contributed by atoms with E-state index >= 15 is 0 Å². The van der Waals surface area contributed by atoms with Gasteiger partial charge in [0.1, 0.15) is 0 Å². The van der Waals surface area contributed by atoms with E-state index in [2.05, 4.69) is 4.52 Å². The van der Waals surface area contributed by atoms with Gasteiger partial charge in [-0.05, 0) is 6.07 Å². The third kappa shape index (κ3) is 3.21. The quantitative estimate of drug-likeness (QED) is 0.463. The molecule has 11 heteroatoms. The molecule has 0 unspecified atom stereocenters. The number of rotatable bonds is 4. The molecule has 17 heavy (non-hydrogen) atoms. The molecule has 0 saturated carbocycles. The maximum Gasteiger partial charge on any atom is 0.525 e. The number of hydrogen-bond acceptors (Lipinski definition) is 6. The van der Waals surface area contributed by atoms with E-state index in [-0.39, 0.29) is 0 Å². The monoisotopic (exact) mass is 264 g/mol. The van der Waals surface area contributed by atoms with E-state index in [0.29, 0.717) is 0 Å². The minimum Gasteiger partial charge on any atom is -0.397 e. The summed E-state index contributed by atoms with van der Waals surface area (Å²) in [6.45, 7) is 0. The largest absolute Gasteiger partial charge is 0.525 e. The first-order valence-corrected chi connectivity index (χ1v) is 5.42. The molecule has 1 aromatic carbocycles. The Hall–Kier alpha value is -2.03. The van der Waals surface area contributed by atoms with Crippen molar-refractivity contribution in [2.75, 3.05) is 0 Å². The van der Waals surface area contributed by atoms with E-state index < -0.39 is 34.8 Å². The molecule has 0 atom stereocenters. The van der Waals surface area contributed by atoms with Crippen LogP contribution in [0.4, 0.5) is 11.4 Å². The van der Waals surface area contributed by atoms with Gasteiger partial charge in [-0.25, -0.2) is 4.57 Å². The van der Waals surface area contributed by atoms with Crippen LogP contribution in [0.25, 0.3) is 0 Å². The standard InChI is InChI=1S/C6H5N2O8P/c9-7(10)4-2-1-3-5(6(4)8(11)12)16-17(13,14)15/h1-3H,(H2,13,14,15). The van der Waals surface area contributed by atoms with Crippen LogP contribution in [0.3, 0.4) is 0 Å². The smallest absolute Gasteiger partial charge is 0.397 e. The second-order valence-corrected chi connectivity index (χ2v) is 3.88. The Labute approximate surface area is 93.0 Å². The first kappa shape index (κ1) is 13.0. The average molecular weight is 264 g/mol. The molecule has 0 aliphatic heterocycles. The Kier molecular flexibility index (Phi) is 3.42. The van der Waals surface area contributed by atoms with Crippen LogP contribution < -0.4 is 4.52 Å². The van der Waals surface area contributed by atoms with Crippen molar-refractivity contribution in [3.63, 3.8) is 0 Å². The first-order valence-electron chi connectivity index (χ1n) is 3.89. The van der Waals surface area contributed by atoms with Gasteiger partial charge in [-0.1, -0.05) is 6.07 Å².